The summed E-state index contributed by atoms with van der Waals surface area (Å²) in [5.41, 5.74) is 2.32. The molecule has 2 aliphatic rings. The van der Waals surface area contributed by atoms with Crippen LogP contribution in [0.4, 0.5) is 10.1 Å². The van der Waals surface area contributed by atoms with Crippen LogP contribution in [0.2, 0.25) is 0 Å². The number of halogens is 1. The predicted octanol–water partition coefficient (Wildman–Crippen LogP) is 5.46. The van der Waals surface area contributed by atoms with Crippen LogP contribution in [0.1, 0.15) is 47.2 Å². The lowest BCUT2D eigenvalue weighted by molar-refractivity contribution is -0.117. The van der Waals surface area contributed by atoms with Gasteiger partial charge in [0.05, 0.1) is 12.2 Å². The van der Waals surface area contributed by atoms with Gasteiger partial charge in [-0.05, 0) is 54.8 Å². The minimum atomic E-state index is -0.365. The number of carbonyl (C=O) groups is 2. The maximum absolute atomic E-state index is 14.3. The van der Waals surface area contributed by atoms with Crippen molar-refractivity contribution in [2.24, 2.45) is 0 Å². The van der Waals surface area contributed by atoms with Gasteiger partial charge in [-0.2, -0.15) is 0 Å². The summed E-state index contributed by atoms with van der Waals surface area (Å²) in [6.07, 6.45) is 6.01. The minimum Gasteiger partial charge on any atom is -0.449 e. The van der Waals surface area contributed by atoms with Gasteiger partial charge in [0.2, 0.25) is 0 Å². The van der Waals surface area contributed by atoms with E-state index in [0.717, 1.165) is 31.2 Å². The SMILES string of the molecule is O=C(NC1CCCC1)c1ccc(C=C2Oc3ccccc3N(Cc3ccccc3F)C2=O)cc1. The molecule has 0 bridgehead atoms. The molecule has 172 valence electrons. The number of nitrogens with zero attached hydrogens (tertiary/aromatic N) is 1. The molecule has 1 saturated carbocycles. The van der Waals surface area contributed by atoms with Crippen molar-refractivity contribution in [3.63, 3.8) is 0 Å². The van der Waals surface area contributed by atoms with Gasteiger partial charge in [-0.1, -0.05) is 55.3 Å². The maximum atomic E-state index is 14.3. The maximum Gasteiger partial charge on any atom is 0.294 e. The Bertz CT molecular complexity index is 1250. The highest BCUT2D eigenvalue weighted by molar-refractivity contribution is 6.09. The first-order valence-electron chi connectivity index (χ1n) is 11.5. The molecule has 0 atom stereocenters. The number of para-hydroxylation sites is 2. The molecule has 3 aromatic rings. The monoisotopic (exact) mass is 456 g/mol. The zero-order chi connectivity index (χ0) is 23.5. The van der Waals surface area contributed by atoms with Crippen LogP contribution >= 0.6 is 0 Å². The van der Waals surface area contributed by atoms with E-state index in [1.165, 1.54) is 11.0 Å². The first-order chi connectivity index (χ1) is 16.6. The van der Waals surface area contributed by atoms with Gasteiger partial charge in [0.1, 0.15) is 5.82 Å². The Balaban J connectivity index is 1.39. The summed E-state index contributed by atoms with van der Waals surface area (Å²) in [6.45, 7) is 0.0868. The van der Waals surface area contributed by atoms with Crippen molar-refractivity contribution in [1.29, 1.82) is 0 Å². The fourth-order valence-electron chi connectivity index (χ4n) is 4.44. The summed E-state index contributed by atoms with van der Waals surface area (Å²) in [7, 11) is 0. The minimum absolute atomic E-state index is 0.0823. The van der Waals surface area contributed by atoms with Crippen LogP contribution in [0, 0.1) is 5.82 Å². The number of rotatable bonds is 5. The van der Waals surface area contributed by atoms with Gasteiger partial charge in [0.25, 0.3) is 11.8 Å². The van der Waals surface area contributed by atoms with E-state index in [9.17, 15) is 14.0 Å². The van der Waals surface area contributed by atoms with Crippen LogP contribution in [0.15, 0.2) is 78.6 Å². The van der Waals surface area contributed by atoms with Gasteiger partial charge in [0.15, 0.2) is 11.5 Å². The van der Waals surface area contributed by atoms with Crippen molar-refractivity contribution in [2.75, 3.05) is 4.90 Å². The fraction of sp³-hybridized carbons (Fsp3) is 0.214. The molecular formula is C28H25FN2O3. The highest BCUT2D eigenvalue weighted by Gasteiger charge is 2.30. The highest BCUT2D eigenvalue weighted by Crippen LogP contribution is 2.36. The summed E-state index contributed by atoms with van der Waals surface area (Å²) >= 11 is 0. The van der Waals surface area contributed by atoms with Gasteiger partial charge in [-0.15, -0.1) is 0 Å². The number of fused-ring (bicyclic) bond motifs is 1. The molecule has 1 N–H and O–H groups in total. The number of ether oxygens (including phenoxy) is 1. The third-order valence-corrected chi connectivity index (χ3v) is 6.28. The van der Waals surface area contributed by atoms with Gasteiger partial charge >= 0.3 is 0 Å². The number of hydrogen-bond donors (Lipinski definition) is 1. The third-order valence-electron chi connectivity index (χ3n) is 6.28. The van der Waals surface area contributed by atoms with Crippen molar-refractivity contribution in [1.82, 2.24) is 5.32 Å². The average molecular weight is 457 g/mol. The van der Waals surface area contributed by atoms with E-state index < -0.39 is 0 Å². The molecule has 0 saturated heterocycles. The summed E-state index contributed by atoms with van der Waals surface area (Å²) in [5, 5.41) is 3.08. The Morgan fingerprint density at radius 2 is 1.71 bits per heavy atom. The molecule has 1 aliphatic carbocycles. The summed E-state index contributed by atoms with van der Waals surface area (Å²) in [5.74, 6) is -0.141. The van der Waals surface area contributed by atoms with Crippen LogP contribution in [-0.2, 0) is 11.3 Å². The van der Waals surface area contributed by atoms with E-state index in [-0.39, 0.29) is 36.0 Å². The first kappa shape index (κ1) is 21.9. The van der Waals surface area contributed by atoms with Crippen molar-refractivity contribution >= 4 is 23.6 Å². The second-order valence-electron chi connectivity index (χ2n) is 8.64. The van der Waals surface area contributed by atoms with E-state index in [1.54, 1.807) is 60.7 Å². The Kier molecular flexibility index (Phi) is 6.12. The van der Waals surface area contributed by atoms with Gasteiger partial charge < -0.3 is 10.1 Å². The Morgan fingerprint density at radius 3 is 2.47 bits per heavy atom. The van der Waals surface area contributed by atoms with Crippen molar-refractivity contribution < 1.29 is 18.7 Å². The molecule has 2 amide bonds. The number of hydrogen-bond acceptors (Lipinski definition) is 3. The summed E-state index contributed by atoms with van der Waals surface area (Å²) < 4.78 is 20.2. The Labute approximate surface area is 197 Å². The lowest BCUT2D eigenvalue weighted by Gasteiger charge is -2.30. The Hall–Kier alpha value is -3.93. The molecule has 0 aromatic heterocycles. The molecule has 1 fully saturated rings. The van der Waals surface area contributed by atoms with Gasteiger partial charge in [-0.25, -0.2) is 4.39 Å². The topological polar surface area (TPSA) is 58.6 Å². The third kappa shape index (κ3) is 4.57. The molecule has 34 heavy (non-hydrogen) atoms. The number of nitrogens with one attached hydrogen (secondary N) is 1. The fourth-order valence-corrected chi connectivity index (χ4v) is 4.44. The van der Waals surface area contributed by atoms with E-state index in [2.05, 4.69) is 5.32 Å². The number of anilines is 1. The van der Waals surface area contributed by atoms with Crippen molar-refractivity contribution in [2.45, 2.75) is 38.3 Å². The molecule has 1 aliphatic heterocycles. The molecular weight excluding hydrogens is 431 g/mol. The molecule has 3 aromatic carbocycles. The Morgan fingerprint density at radius 1 is 1.00 bits per heavy atom. The molecule has 5 nitrogen and oxygen atoms in total. The van der Waals surface area contributed by atoms with Crippen LogP contribution in [0.5, 0.6) is 5.75 Å². The van der Waals surface area contributed by atoms with Gasteiger partial charge in [0, 0.05) is 17.2 Å². The average Bonchev–Trinajstić information content (AvgIpc) is 3.36. The number of amides is 2. The highest BCUT2D eigenvalue weighted by atomic mass is 19.1. The van der Waals surface area contributed by atoms with E-state index in [4.69, 9.17) is 4.74 Å². The molecule has 6 heteroatoms. The number of benzene rings is 3. The quantitative estimate of drug-likeness (QED) is 0.519. The zero-order valence-electron chi connectivity index (χ0n) is 18.7. The second kappa shape index (κ2) is 9.51. The van der Waals surface area contributed by atoms with Crippen molar-refractivity contribution in [3.05, 3.63) is 101 Å². The second-order valence-corrected chi connectivity index (χ2v) is 8.64. The number of carbonyl (C=O) groups excluding carboxylic acids is 2. The van der Waals surface area contributed by atoms with Crippen LogP contribution in [0.25, 0.3) is 6.08 Å². The smallest absolute Gasteiger partial charge is 0.294 e. The molecule has 0 unspecified atom stereocenters. The molecule has 0 radical (unpaired) electrons. The lowest BCUT2D eigenvalue weighted by Crippen LogP contribution is -2.37. The predicted molar refractivity (Wildman–Crippen MR) is 129 cm³/mol. The van der Waals surface area contributed by atoms with E-state index in [1.807, 2.05) is 12.1 Å². The lowest BCUT2D eigenvalue weighted by atomic mass is 10.1. The normalized spacial score (nSPS) is 16.9. The molecule has 5 rings (SSSR count). The van der Waals surface area contributed by atoms with Crippen LogP contribution < -0.4 is 15.0 Å². The standard InChI is InChI=1S/C28H25FN2O3/c29-23-10-4-1-7-21(23)18-31-24-11-5-6-12-25(24)34-26(28(31)33)17-19-13-15-20(16-14-19)27(32)30-22-8-2-3-9-22/h1,4-7,10-17,22H,2-3,8-9,18H2,(H,30,32). The van der Waals surface area contributed by atoms with E-state index in [0.29, 0.717) is 22.6 Å². The first-order valence-corrected chi connectivity index (χ1v) is 11.5. The largest absolute Gasteiger partial charge is 0.449 e. The van der Waals surface area contributed by atoms with Gasteiger partial charge in [-0.3, -0.25) is 14.5 Å². The summed E-state index contributed by atoms with van der Waals surface area (Å²) in [6, 6.07) is 20.9. The zero-order valence-corrected chi connectivity index (χ0v) is 18.7. The van der Waals surface area contributed by atoms with Crippen molar-refractivity contribution in [3.8, 4) is 5.75 Å². The summed E-state index contributed by atoms with van der Waals surface area (Å²) in [4.78, 5) is 27.3. The van der Waals surface area contributed by atoms with Crippen LogP contribution in [-0.4, -0.2) is 17.9 Å². The molecule has 0 spiro atoms. The molecule has 1 heterocycles. The van der Waals surface area contributed by atoms with E-state index >= 15 is 0 Å². The van der Waals surface area contributed by atoms with Crippen LogP contribution in [0.3, 0.4) is 0 Å².